The Morgan fingerprint density at radius 2 is 1.97 bits per heavy atom. The van der Waals surface area contributed by atoms with Crippen LogP contribution in [-0.2, 0) is 19.5 Å². The molecule has 0 unspecified atom stereocenters. The average molecular weight is 554 g/mol. The maximum atomic E-state index is 12.2. The molecule has 1 aliphatic heterocycles. The number of ether oxygens (including phenoxy) is 1. The maximum Gasteiger partial charge on any atom is 0.422 e. The van der Waals surface area contributed by atoms with Gasteiger partial charge in [-0.25, -0.2) is 0 Å². The Hall–Kier alpha value is -1.53. The lowest BCUT2D eigenvalue weighted by Gasteiger charge is -2.27. The normalized spacial score (nSPS) is 14.6. The second-order valence-corrected chi connectivity index (χ2v) is 7.80. The number of halogens is 4. The molecule has 30 heavy (non-hydrogen) atoms. The van der Waals surface area contributed by atoms with Crippen LogP contribution in [0.1, 0.15) is 16.0 Å². The number of hydrogen-bond donors (Lipinski definition) is 2. The van der Waals surface area contributed by atoms with Crippen molar-refractivity contribution in [2.24, 2.45) is 4.99 Å². The van der Waals surface area contributed by atoms with Crippen molar-refractivity contribution >= 4 is 41.3 Å². The minimum absolute atomic E-state index is 0. The van der Waals surface area contributed by atoms with Crippen LogP contribution in [0.2, 0.25) is 0 Å². The van der Waals surface area contributed by atoms with Crippen molar-refractivity contribution in [2.45, 2.75) is 25.7 Å². The fourth-order valence-electron chi connectivity index (χ4n) is 3.11. The van der Waals surface area contributed by atoms with Gasteiger partial charge in [0.05, 0.1) is 0 Å². The lowest BCUT2D eigenvalue weighted by Crippen LogP contribution is -2.42. The number of rotatable bonds is 7. The zero-order valence-electron chi connectivity index (χ0n) is 16.7. The Morgan fingerprint density at radius 3 is 2.67 bits per heavy atom. The van der Waals surface area contributed by atoms with E-state index in [0.29, 0.717) is 12.5 Å². The molecular formula is C20H26F3IN4OS. The summed E-state index contributed by atoms with van der Waals surface area (Å²) in [5.74, 6) is 0.888. The third-order valence-electron chi connectivity index (χ3n) is 4.62. The first-order chi connectivity index (χ1) is 13.9. The summed E-state index contributed by atoms with van der Waals surface area (Å²) < 4.78 is 41.3. The maximum absolute atomic E-state index is 12.2. The molecule has 0 fully saturated rings. The third-order valence-corrected chi connectivity index (χ3v) is 5.64. The van der Waals surface area contributed by atoms with E-state index in [1.807, 2.05) is 11.3 Å². The molecule has 0 bridgehead atoms. The predicted octanol–water partition coefficient (Wildman–Crippen LogP) is 4.03. The molecule has 10 heteroatoms. The first-order valence-corrected chi connectivity index (χ1v) is 10.3. The van der Waals surface area contributed by atoms with Crippen molar-refractivity contribution in [1.82, 2.24) is 15.5 Å². The van der Waals surface area contributed by atoms with E-state index in [2.05, 4.69) is 32.0 Å². The van der Waals surface area contributed by atoms with Crippen molar-refractivity contribution < 1.29 is 17.9 Å². The minimum atomic E-state index is -4.33. The standard InChI is InChI=1S/C20H25F3N4OS.HI/c1-24-19(25-8-10-27-9-6-18-16(13-27)7-11-29-18)26-12-15-2-4-17(5-3-15)28-14-20(21,22)23;/h2-5,7,11H,6,8-10,12-14H2,1H3,(H2,24,25,26);1H. The lowest BCUT2D eigenvalue weighted by atomic mass is 10.1. The molecule has 0 saturated heterocycles. The molecule has 166 valence electrons. The van der Waals surface area contributed by atoms with E-state index in [4.69, 9.17) is 4.74 Å². The molecule has 2 aromatic rings. The number of alkyl halides is 3. The Kier molecular flexibility index (Phi) is 9.69. The van der Waals surface area contributed by atoms with Gasteiger partial charge >= 0.3 is 6.18 Å². The molecular weight excluding hydrogens is 528 g/mol. The van der Waals surface area contributed by atoms with Crippen molar-refractivity contribution in [3.05, 3.63) is 51.7 Å². The lowest BCUT2D eigenvalue weighted by molar-refractivity contribution is -0.153. The molecule has 5 nitrogen and oxygen atoms in total. The second-order valence-electron chi connectivity index (χ2n) is 6.80. The van der Waals surface area contributed by atoms with Gasteiger partial charge < -0.3 is 15.4 Å². The summed E-state index contributed by atoms with van der Waals surface area (Å²) in [5, 5.41) is 8.67. The molecule has 1 aliphatic rings. The van der Waals surface area contributed by atoms with Crippen LogP contribution in [-0.4, -0.2) is 50.3 Å². The monoisotopic (exact) mass is 554 g/mol. The average Bonchev–Trinajstić information content (AvgIpc) is 3.17. The van der Waals surface area contributed by atoms with Crippen LogP contribution in [0.3, 0.4) is 0 Å². The highest BCUT2D eigenvalue weighted by atomic mass is 127. The van der Waals surface area contributed by atoms with E-state index < -0.39 is 12.8 Å². The van der Waals surface area contributed by atoms with E-state index in [0.717, 1.165) is 38.2 Å². The number of aliphatic imine (C=N–C) groups is 1. The Morgan fingerprint density at radius 1 is 1.20 bits per heavy atom. The van der Waals surface area contributed by atoms with E-state index in [1.165, 1.54) is 22.6 Å². The highest BCUT2D eigenvalue weighted by Gasteiger charge is 2.28. The largest absolute Gasteiger partial charge is 0.484 e. The highest BCUT2D eigenvalue weighted by Crippen LogP contribution is 2.23. The van der Waals surface area contributed by atoms with E-state index in [-0.39, 0.29) is 29.7 Å². The van der Waals surface area contributed by atoms with Gasteiger partial charge in [0, 0.05) is 44.6 Å². The SMILES string of the molecule is CN=C(NCCN1CCc2sccc2C1)NCc1ccc(OCC(F)(F)F)cc1.I. The Bertz CT molecular complexity index is 811. The van der Waals surface area contributed by atoms with Gasteiger partial charge in [-0.2, -0.15) is 13.2 Å². The van der Waals surface area contributed by atoms with E-state index in [1.54, 1.807) is 19.2 Å². The summed E-state index contributed by atoms with van der Waals surface area (Å²) in [5.41, 5.74) is 2.36. The number of guanidine groups is 1. The molecule has 0 amide bonds. The van der Waals surface area contributed by atoms with Gasteiger partial charge in [-0.3, -0.25) is 9.89 Å². The first-order valence-electron chi connectivity index (χ1n) is 9.43. The van der Waals surface area contributed by atoms with Crippen LogP contribution in [0.4, 0.5) is 13.2 Å². The van der Waals surface area contributed by atoms with Gasteiger partial charge in [-0.1, -0.05) is 12.1 Å². The molecule has 0 atom stereocenters. The van der Waals surface area contributed by atoms with Crippen LogP contribution in [0.25, 0.3) is 0 Å². The molecule has 3 rings (SSSR count). The Balaban J connectivity index is 0.00000320. The first kappa shape index (κ1) is 24.7. The molecule has 0 radical (unpaired) electrons. The quantitative estimate of drug-likeness (QED) is 0.309. The topological polar surface area (TPSA) is 48.9 Å². The van der Waals surface area contributed by atoms with Gasteiger partial charge in [0.15, 0.2) is 12.6 Å². The molecule has 1 aromatic heterocycles. The Labute approximate surface area is 195 Å². The number of nitrogens with one attached hydrogen (secondary N) is 2. The van der Waals surface area contributed by atoms with Crippen molar-refractivity contribution in [3.8, 4) is 5.75 Å². The number of nitrogens with zero attached hydrogens (tertiary/aromatic N) is 2. The van der Waals surface area contributed by atoms with Crippen LogP contribution < -0.4 is 15.4 Å². The van der Waals surface area contributed by atoms with E-state index in [9.17, 15) is 13.2 Å². The van der Waals surface area contributed by atoms with Crippen LogP contribution in [0, 0.1) is 0 Å². The molecule has 2 N–H and O–H groups in total. The van der Waals surface area contributed by atoms with Gasteiger partial charge in [-0.05, 0) is 41.1 Å². The summed E-state index contributed by atoms with van der Waals surface area (Å²) in [6.45, 7) is 3.01. The molecule has 0 saturated carbocycles. The predicted molar refractivity (Wildman–Crippen MR) is 125 cm³/mol. The molecule has 0 spiro atoms. The fraction of sp³-hybridized carbons (Fsp3) is 0.450. The number of fused-ring (bicyclic) bond motifs is 1. The van der Waals surface area contributed by atoms with E-state index >= 15 is 0 Å². The second kappa shape index (κ2) is 11.8. The summed E-state index contributed by atoms with van der Waals surface area (Å²) in [4.78, 5) is 8.14. The summed E-state index contributed by atoms with van der Waals surface area (Å²) >= 11 is 1.84. The number of hydrogen-bond acceptors (Lipinski definition) is 4. The van der Waals surface area contributed by atoms with Gasteiger partial charge in [0.2, 0.25) is 0 Å². The fourth-order valence-corrected chi connectivity index (χ4v) is 3.99. The minimum Gasteiger partial charge on any atom is -0.484 e. The van der Waals surface area contributed by atoms with Gasteiger partial charge in [0.25, 0.3) is 0 Å². The van der Waals surface area contributed by atoms with Crippen LogP contribution in [0.5, 0.6) is 5.75 Å². The van der Waals surface area contributed by atoms with Crippen LogP contribution in [0.15, 0.2) is 40.7 Å². The van der Waals surface area contributed by atoms with Crippen molar-refractivity contribution in [1.29, 1.82) is 0 Å². The molecule has 2 heterocycles. The molecule has 1 aromatic carbocycles. The highest BCUT2D eigenvalue weighted by molar-refractivity contribution is 14.0. The zero-order valence-corrected chi connectivity index (χ0v) is 19.8. The summed E-state index contributed by atoms with van der Waals surface area (Å²) in [6.07, 6.45) is -3.22. The van der Waals surface area contributed by atoms with Crippen LogP contribution >= 0.6 is 35.3 Å². The third kappa shape index (κ3) is 7.95. The van der Waals surface area contributed by atoms with Gasteiger partial charge in [-0.15, -0.1) is 35.3 Å². The number of thiophene rings is 1. The van der Waals surface area contributed by atoms with Crippen molar-refractivity contribution in [3.63, 3.8) is 0 Å². The summed E-state index contributed by atoms with van der Waals surface area (Å²) in [6, 6.07) is 8.75. The zero-order chi connectivity index (χ0) is 20.7. The molecule has 0 aliphatic carbocycles. The smallest absolute Gasteiger partial charge is 0.422 e. The number of benzene rings is 1. The van der Waals surface area contributed by atoms with Crippen molar-refractivity contribution in [2.75, 3.05) is 33.3 Å². The van der Waals surface area contributed by atoms with Gasteiger partial charge in [0.1, 0.15) is 5.75 Å². The summed E-state index contributed by atoms with van der Waals surface area (Å²) in [7, 11) is 1.71.